The van der Waals surface area contributed by atoms with Crippen LogP contribution in [0.5, 0.6) is 11.5 Å². The fraction of sp³-hybridized carbons (Fsp3) is 0.364. The summed E-state index contributed by atoms with van der Waals surface area (Å²) in [6, 6.07) is 2.90. The van der Waals surface area contributed by atoms with Gasteiger partial charge >= 0.3 is 12.3 Å². The molecule has 1 N–H and O–H groups in total. The van der Waals surface area contributed by atoms with Crippen molar-refractivity contribution in [1.82, 2.24) is 0 Å². The van der Waals surface area contributed by atoms with Gasteiger partial charge in [-0.2, -0.15) is 0 Å². The van der Waals surface area contributed by atoms with Crippen molar-refractivity contribution in [1.29, 1.82) is 0 Å². The Morgan fingerprint density at radius 1 is 1.26 bits per heavy atom. The molecule has 1 rings (SSSR count). The molecule has 4 nitrogen and oxygen atoms in total. The van der Waals surface area contributed by atoms with Gasteiger partial charge in [0.25, 0.3) is 0 Å². The van der Waals surface area contributed by atoms with Gasteiger partial charge in [0.15, 0.2) is 0 Å². The lowest BCUT2D eigenvalue weighted by Crippen LogP contribution is -2.30. The lowest BCUT2D eigenvalue weighted by molar-refractivity contribution is -0.274. The van der Waals surface area contributed by atoms with Crippen molar-refractivity contribution in [2.75, 3.05) is 0 Å². The molecule has 0 amide bonds. The molecule has 0 fully saturated rings. The zero-order valence-electron chi connectivity index (χ0n) is 10.5. The van der Waals surface area contributed by atoms with Crippen LogP contribution >= 0.6 is 0 Å². The van der Waals surface area contributed by atoms with E-state index in [-0.39, 0.29) is 11.3 Å². The first-order valence-electron chi connectivity index (χ1n) is 5.30. The number of carboxylic acid groups (broad SMARTS) is 1. The van der Waals surface area contributed by atoms with Crippen LogP contribution in [0, 0.1) is 0 Å². The van der Waals surface area contributed by atoms with Crippen molar-refractivity contribution in [2.24, 2.45) is 0 Å². The Hall–Kier alpha value is -1.70. The molecular formula is C11H13F3O4Si. The molecule has 8 heteroatoms. The molecule has 0 saturated heterocycles. The fourth-order valence-electron chi connectivity index (χ4n) is 1.29. The van der Waals surface area contributed by atoms with E-state index in [1.54, 1.807) is 19.6 Å². The second-order valence-electron chi connectivity index (χ2n) is 4.73. The molecule has 0 aliphatic rings. The standard InChI is InChI=1S/C11H13F3O4Si/c1-19(2,3)18-9-6-7(17-11(12,13)14)4-5-8(9)10(15)16/h4-6H,1-3H3,(H,15,16). The molecular weight excluding hydrogens is 281 g/mol. The maximum absolute atomic E-state index is 12.1. The number of carbonyl (C=O) groups is 1. The minimum absolute atomic E-state index is 0.117. The van der Waals surface area contributed by atoms with Crippen LogP contribution in [0.1, 0.15) is 10.4 Å². The van der Waals surface area contributed by atoms with Gasteiger partial charge in [0.2, 0.25) is 8.32 Å². The largest absolute Gasteiger partial charge is 0.573 e. The molecule has 0 radical (unpaired) electrons. The summed E-state index contributed by atoms with van der Waals surface area (Å²) in [4.78, 5) is 11.0. The van der Waals surface area contributed by atoms with E-state index in [1.165, 1.54) is 0 Å². The first-order chi connectivity index (χ1) is 8.48. The average molecular weight is 294 g/mol. The first kappa shape index (κ1) is 15.4. The van der Waals surface area contributed by atoms with Crippen molar-refractivity contribution < 1.29 is 32.2 Å². The molecule has 1 aromatic rings. The van der Waals surface area contributed by atoms with Crippen LogP contribution in [0.25, 0.3) is 0 Å². The van der Waals surface area contributed by atoms with Crippen LogP contribution in [0.2, 0.25) is 19.6 Å². The Morgan fingerprint density at radius 3 is 2.26 bits per heavy atom. The van der Waals surface area contributed by atoms with Crippen LogP contribution in [-0.2, 0) is 0 Å². The summed E-state index contributed by atoms with van der Waals surface area (Å²) >= 11 is 0. The van der Waals surface area contributed by atoms with Gasteiger partial charge in [-0.25, -0.2) is 4.79 Å². The van der Waals surface area contributed by atoms with Gasteiger partial charge in [0, 0.05) is 6.07 Å². The number of hydrogen-bond donors (Lipinski definition) is 1. The lowest BCUT2D eigenvalue weighted by atomic mass is 10.2. The molecule has 0 unspecified atom stereocenters. The van der Waals surface area contributed by atoms with Crippen molar-refractivity contribution in [2.45, 2.75) is 26.0 Å². The minimum atomic E-state index is -4.83. The molecule has 0 spiro atoms. The lowest BCUT2D eigenvalue weighted by Gasteiger charge is -2.21. The maximum atomic E-state index is 12.1. The number of alkyl halides is 3. The second kappa shape index (κ2) is 5.12. The monoisotopic (exact) mass is 294 g/mol. The van der Waals surface area contributed by atoms with E-state index in [0.717, 1.165) is 18.2 Å². The summed E-state index contributed by atoms with van der Waals surface area (Å²) < 4.78 is 45.5. The van der Waals surface area contributed by atoms with E-state index < -0.39 is 26.4 Å². The van der Waals surface area contributed by atoms with Crippen LogP contribution in [0.3, 0.4) is 0 Å². The predicted molar refractivity (Wildman–Crippen MR) is 64.1 cm³/mol. The first-order valence-corrected chi connectivity index (χ1v) is 8.71. The summed E-state index contributed by atoms with van der Waals surface area (Å²) in [5.74, 6) is -1.90. The molecule has 0 aliphatic carbocycles. The van der Waals surface area contributed by atoms with Crippen molar-refractivity contribution in [3.63, 3.8) is 0 Å². The average Bonchev–Trinajstić information content (AvgIpc) is 2.11. The predicted octanol–water partition coefficient (Wildman–Crippen LogP) is 3.50. The van der Waals surface area contributed by atoms with E-state index in [0.29, 0.717) is 0 Å². The molecule has 0 bridgehead atoms. The SMILES string of the molecule is C[Si](C)(C)Oc1cc(OC(F)(F)F)ccc1C(=O)O. The zero-order valence-corrected chi connectivity index (χ0v) is 11.5. The van der Waals surface area contributed by atoms with E-state index in [1.807, 2.05) is 0 Å². The zero-order chi connectivity index (χ0) is 14.8. The number of hydrogen-bond acceptors (Lipinski definition) is 3. The van der Waals surface area contributed by atoms with E-state index in [9.17, 15) is 18.0 Å². The third-order valence-corrected chi connectivity index (χ3v) is 2.67. The van der Waals surface area contributed by atoms with Gasteiger partial charge in [-0.1, -0.05) is 0 Å². The summed E-state index contributed by atoms with van der Waals surface area (Å²) in [5.41, 5.74) is -0.197. The van der Waals surface area contributed by atoms with Crippen LogP contribution < -0.4 is 9.16 Å². The van der Waals surface area contributed by atoms with Crippen molar-refractivity contribution in [3.05, 3.63) is 23.8 Å². The van der Waals surface area contributed by atoms with E-state index in [2.05, 4.69) is 4.74 Å². The quantitative estimate of drug-likeness (QED) is 0.864. The maximum Gasteiger partial charge on any atom is 0.573 e. The minimum Gasteiger partial charge on any atom is -0.544 e. The van der Waals surface area contributed by atoms with Gasteiger partial charge in [0.1, 0.15) is 17.1 Å². The highest BCUT2D eigenvalue weighted by Crippen LogP contribution is 2.30. The Kier molecular flexibility index (Phi) is 4.14. The highest BCUT2D eigenvalue weighted by atomic mass is 28.4. The number of aromatic carboxylic acids is 1. The molecule has 1 aromatic carbocycles. The molecule has 0 saturated carbocycles. The van der Waals surface area contributed by atoms with E-state index >= 15 is 0 Å². The van der Waals surface area contributed by atoms with Gasteiger partial charge in [0.05, 0.1) is 0 Å². The normalized spacial score (nSPS) is 12.1. The fourth-order valence-corrected chi connectivity index (χ4v) is 2.12. The smallest absolute Gasteiger partial charge is 0.544 e. The Morgan fingerprint density at radius 2 is 1.84 bits per heavy atom. The summed E-state index contributed by atoms with van der Waals surface area (Å²) in [6.07, 6.45) is -4.83. The van der Waals surface area contributed by atoms with Crippen molar-refractivity contribution in [3.8, 4) is 11.5 Å². The van der Waals surface area contributed by atoms with Crippen LogP contribution in [0.4, 0.5) is 13.2 Å². The Labute approximate surface area is 108 Å². The number of halogens is 3. The topological polar surface area (TPSA) is 55.8 Å². The van der Waals surface area contributed by atoms with Crippen LogP contribution in [-0.4, -0.2) is 25.8 Å². The number of benzene rings is 1. The third kappa shape index (κ3) is 5.21. The van der Waals surface area contributed by atoms with Crippen LogP contribution in [0.15, 0.2) is 18.2 Å². The summed E-state index contributed by atoms with van der Waals surface area (Å²) in [7, 11) is -2.16. The number of ether oxygens (including phenoxy) is 1. The third-order valence-electron chi connectivity index (χ3n) is 1.83. The van der Waals surface area contributed by atoms with Crippen molar-refractivity contribution >= 4 is 14.3 Å². The summed E-state index contributed by atoms with van der Waals surface area (Å²) in [5, 5.41) is 8.96. The highest BCUT2D eigenvalue weighted by Gasteiger charge is 2.32. The van der Waals surface area contributed by atoms with Gasteiger partial charge in [-0.05, 0) is 31.8 Å². The molecule has 0 atom stereocenters. The summed E-state index contributed by atoms with van der Waals surface area (Å²) in [6.45, 7) is 5.36. The number of carboxylic acids is 1. The Balaban J connectivity index is 3.15. The van der Waals surface area contributed by atoms with Gasteiger partial charge in [-0.3, -0.25) is 0 Å². The Bertz CT molecular complexity index is 480. The molecule has 0 aromatic heterocycles. The van der Waals surface area contributed by atoms with Gasteiger partial charge in [-0.15, -0.1) is 13.2 Å². The van der Waals surface area contributed by atoms with E-state index in [4.69, 9.17) is 9.53 Å². The number of rotatable bonds is 4. The second-order valence-corrected chi connectivity index (χ2v) is 9.15. The molecule has 19 heavy (non-hydrogen) atoms. The highest BCUT2D eigenvalue weighted by molar-refractivity contribution is 6.70. The van der Waals surface area contributed by atoms with Gasteiger partial charge < -0.3 is 14.3 Å². The molecule has 106 valence electrons. The molecule has 0 heterocycles. The molecule has 0 aliphatic heterocycles.